The molecule has 0 aliphatic carbocycles. The minimum Gasteiger partial charge on any atom is -0.339 e. The van der Waals surface area contributed by atoms with Gasteiger partial charge in [0.25, 0.3) is 0 Å². The van der Waals surface area contributed by atoms with E-state index >= 15 is 0 Å². The van der Waals surface area contributed by atoms with E-state index < -0.39 is 0 Å². The minimum atomic E-state index is 0.210. The van der Waals surface area contributed by atoms with Crippen LogP contribution in [0.15, 0.2) is 60.9 Å². The Hall–Kier alpha value is -3.28. The summed E-state index contributed by atoms with van der Waals surface area (Å²) in [4.78, 5) is 14.0. The third kappa shape index (κ3) is 2.41. The monoisotopic (exact) mass is 387 g/mol. The van der Waals surface area contributed by atoms with Gasteiger partial charge in [-0.15, -0.1) is 0 Å². The van der Waals surface area contributed by atoms with E-state index in [0.29, 0.717) is 0 Å². The lowest BCUT2D eigenvalue weighted by Crippen LogP contribution is -2.48. The molecular formula is C23H27N6+. The van der Waals surface area contributed by atoms with Crippen molar-refractivity contribution < 1.29 is 4.57 Å². The van der Waals surface area contributed by atoms with E-state index in [0.717, 1.165) is 11.6 Å². The molecule has 5 rings (SSSR count). The van der Waals surface area contributed by atoms with Crippen LogP contribution in [0.1, 0.15) is 13.8 Å². The average Bonchev–Trinajstić information content (AvgIpc) is 3.14. The molecule has 2 aliphatic heterocycles. The maximum absolute atomic E-state index is 4.66. The topological polar surface area (TPSA) is 29.7 Å². The van der Waals surface area contributed by atoms with E-state index in [1.807, 2.05) is 12.4 Å². The average molecular weight is 388 g/mol. The lowest BCUT2D eigenvalue weighted by atomic mass is 10.2. The normalized spacial score (nSPS) is 20.3. The zero-order valence-electron chi connectivity index (χ0n) is 17.6. The summed E-state index contributed by atoms with van der Waals surface area (Å²) in [6.45, 7) is 4.46. The highest BCUT2D eigenvalue weighted by Crippen LogP contribution is 2.44. The Bertz CT molecular complexity index is 999. The number of rotatable bonds is 2. The second-order valence-corrected chi connectivity index (χ2v) is 7.89. The van der Waals surface area contributed by atoms with Gasteiger partial charge in [-0.3, -0.25) is 4.98 Å². The molecule has 0 spiro atoms. The highest BCUT2D eigenvalue weighted by Gasteiger charge is 2.40. The number of aromatic nitrogens is 2. The summed E-state index contributed by atoms with van der Waals surface area (Å²) in [5.41, 5.74) is 4.91. The van der Waals surface area contributed by atoms with Crippen LogP contribution in [0.3, 0.4) is 0 Å². The number of anilines is 6. The Morgan fingerprint density at radius 2 is 1.07 bits per heavy atom. The van der Waals surface area contributed by atoms with Crippen molar-refractivity contribution in [2.45, 2.75) is 26.2 Å². The van der Waals surface area contributed by atoms with Crippen molar-refractivity contribution in [3.05, 3.63) is 60.9 Å². The second-order valence-electron chi connectivity index (χ2n) is 7.89. The molecule has 6 heteroatoms. The summed E-state index contributed by atoms with van der Waals surface area (Å²) < 4.78 is 2.26. The van der Waals surface area contributed by atoms with E-state index in [4.69, 9.17) is 0 Å². The van der Waals surface area contributed by atoms with E-state index in [2.05, 4.69) is 113 Å². The number of hydrogen-bond acceptors (Lipinski definition) is 5. The molecule has 0 N–H and O–H groups in total. The Morgan fingerprint density at radius 3 is 1.48 bits per heavy atom. The van der Waals surface area contributed by atoms with E-state index in [9.17, 15) is 0 Å². The van der Waals surface area contributed by atoms with Gasteiger partial charge in [-0.1, -0.05) is 24.3 Å². The summed E-state index contributed by atoms with van der Waals surface area (Å²) in [7, 11) is 6.43. The number of fused-ring (bicyclic) bond motifs is 2. The molecule has 0 amide bonds. The zero-order chi connectivity index (χ0) is 20.3. The van der Waals surface area contributed by atoms with Gasteiger partial charge in [0.15, 0.2) is 12.3 Å². The number of para-hydroxylation sites is 4. The van der Waals surface area contributed by atoms with Crippen LogP contribution in [0.5, 0.6) is 0 Å². The molecule has 3 aromatic rings. The molecule has 3 heterocycles. The standard InChI is InChI=1S/C23H27N6/c1-16-25(3)18-10-6-8-12-20(18)28(16)22-14-24-15-23(27(22)5)29-17(2)26(4)19-11-7-9-13-21(19)29/h6-17H,1-5H3/q+1/t16-,17+. The molecule has 0 saturated heterocycles. The summed E-state index contributed by atoms with van der Waals surface area (Å²) in [5.74, 6) is 2.15. The molecule has 2 aromatic carbocycles. The molecule has 2 aliphatic rings. The van der Waals surface area contributed by atoms with Crippen LogP contribution < -0.4 is 24.2 Å². The number of hydrogen-bond donors (Lipinski definition) is 0. The smallest absolute Gasteiger partial charge is 0.249 e. The van der Waals surface area contributed by atoms with Crippen molar-refractivity contribution in [3.63, 3.8) is 0 Å². The van der Waals surface area contributed by atoms with Crippen molar-refractivity contribution in [1.29, 1.82) is 0 Å². The minimum absolute atomic E-state index is 0.210. The Balaban J connectivity index is 1.64. The van der Waals surface area contributed by atoms with Crippen LogP contribution in [-0.4, -0.2) is 31.4 Å². The first-order chi connectivity index (χ1) is 14.0. The predicted molar refractivity (Wildman–Crippen MR) is 118 cm³/mol. The lowest BCUT2D eigenvalue weighted by molar-refractivity contribution is -0.646. The first kappa shape index (κ1) is 17.8. The van der Waals surface area contributed by atoms with Gasteiger partial charge in [-0.2, -0.15) is 0 Å². The van der Waals surface area contributed by atoms with Gasteiger partial charge in [0.1, 0.15) is 23.8 Å². The van der Waals surface area contributed by atoms with Crippen molar-refractivity contribution in [1.82, 2.24) is 4.98 Å². The van der Waals surface area contributed by atoms with Gasteiger partial charge in [-0.05, 0) is 38.1 Å². The van der Waals surface area contributed by atoms with Gasteiger partial charge in [0.05, 0.1) is 18.4 Å². The van der Waals surface area contributed by atoms with Crippen LogP contribution in [0.2, 0.25) is 0 Å². The summed E-state index contributed by atoms with van der Waals surface area (Å²) >= 11 is 0. The third-order valence-corrected chi connectivity index (χ3v) is 6.47. The number of nitrogens with zero attached hydrogens (tertiary/aromatic N) is 6. The van der Waals surface area contributed by atoms with Gasteiger partial charge in [-0.25, -0.2) is 14.4 Å². The highest BCUT2D eigenvalue weighted by atomic mass is 15.5. The van der Waals surface area contributed by atoms with Gasteiger partial charge >= 0.3 is 0 Å². The Morgan fingerprint density at radius 1 is 0.690 bits per heavy atom. The van der Waals surface area contributed by atoms with E-state index in [1.165, 1.54) is 22.7 Å². The fraction of sp³-hybridized carbons (Fsp3) is 0.304. The first-order valence-electron chi connectivity index (χ1n) is 10.1. The van der Waals surface area contributed by atoms with Crippen LogP contribution in [0, 0.1) is 0 Å². The zero-order valence-corrected chi connectivity index (χ0v) is 17.6. The summed E-state index contributed by atoms with van der Waals surface area (Å²) in [5, 5.41) is 0. The molecule has 1 aromatic heterocycles. The van der Waals surface area contributed by atoms with Crippen molar-refractivity contribution in [3.8, 4) is 0 Å². The van der Waals surface area contributed by atoms with Crippen molar-refractivity contribution in [2.24, 2.45) is 7.05 Å². The molecule has 0 radical (unpaired) electrons. The van der Waals surface area contributed by atoms with E-state index in [-0.39, 0.29) is 12.3 Å². The lowest BCUT2D eigenvalue weighted by Gasteiger charge is -2.27. The van der Waals surface area contributed by atoms with Crippen LogP contribution in [0.25, 0.3) is 0 Å². The van der Waals surface area contributed by atoms with Gasteiger partial charge < -0.3 is 9.80 Å². The fourth-order valence-corrected chi connectivity index (χ4v) is 4.62. The van der Waals surface area contributed by atoms with Crippen LogP contribution in [-0.2, 0) is 7.05 Å². The van der Waals surface area contributed by atoms with Gasteiger partial charge in [0.2, 0.25) is 11.6 Å². The molecular weight excluding hydrogens is 360 g/mol. The van der Waals surface area contributed by atoms with Crippen LogP contribution in [0.4, 0.5) is 34.4 Å². The molecule has 0 saturated carbocycles. The summed E-state index contributed by atoms with van der Waals surface area (Å²) in [6, 6.07) is 17.1. The Kier molecular flexibility index (Phi) is 3.91. The molecule has 0 bridgehead atoms. The first-order valence-corrected chi connectivity index (χ1v) is 10.1. The quantitative estimate of drug-likeness (QED) is 0.625. The predicted octanol–water partition coefficient (Wildman–Crippen LogP) is 3.77. The molecule has 148 valence electrons. The van der Waals surface area contributed by atoms with Crippen LogP contribution >= 0.6 is 0 Å². The molecule has 29 heavy (non-hydrogen) atoms. The molecule has 2 atom stereocenters. The Labute approximate surface area is 172 Å². The van der Waals surface area contributed by atoms with Gasteiger partial charge in [0, 0.05) is 14.1 Å². The summed E-state index contributed by atoms with van der Waals surface area (Å²) in [6.07, 6.45) is 4.35. The third-order valence-electron chi connectivity index (χ3n) is 6.47. The van der Waals surface area contributed by atoms with Crippen molar-refractivity contribution >= 4 is 34.4 Å². The molecule has 6 nitrogen and oxygen atoms in total. The largest absolute Gasteiger partial charge is 0.339 e. The SMILES string of the molecule is C[C@@H]1N(C)c2ccccc2N1c1cncc(N2c3ccccc3N(C)[C@@H]2C)[n+]1C. The van der Waals surface area contributed by atoms with Crippen molar-refractivity contribution in [2.75, 3.05) is 33.7 Å². The van der Waals surface area contributed by atoms with E-state index in [1.54, 1.807) is 0 Å². The highest BCUT2D eigenvalue weighted by molar-refractivity contribution is 5.83. The maximum Gasteiger partial charge on any atom is 0.249 e. The molecule has 0 fully saturated rings. The maximum atomic E-state index is 4.66. The number of benzene rings is 2. The fourth-order valence-electron chi connectivity index (χ4n) is 4.62. The molecule has 0 unspecified atom stereocenters. The second kappa shape index (κ2) is 6.37.